The lowest BCUT2D eigenvalue weighted by Crippen LogP contribution is -1.86. The summed E-state index contributed by atoms with van der Waals surface area (Å²) in [6, 6.07) is 0. The highest BCUT2D eigenvalue weighted by Crippen LogP contribution is 2.18. The highest BCUT2D eigenvalue weighted by Gasteiger charge is 2.20. The van der Waals surface area contributed by atoms with Gasteiger partial charge >= 0.3 is 0 Å². The molecule has 1 heterocycles. The topological polar surface area (TPSA) is 21.8 Å². The van der Waals surface area contributed by atoms with Gasteiger partial charge in [0.2, 0.25) is 0 Å². The van der Waals surface area contributed by atoms with Crippen LogP contribution in [0.3, 0.4) is 0 Å². The minimum atomic E-state index is -0.378. The first-order valence-corrected chi connectivity index (χ1v) is 10.5. The van der Waals surface area contributed by atoms with Crippen molar-refractivity contribution in [2.24, 2.45) is 0 Å². The molecule has 0 aromatic carbocycles. The van der Waals surface area contributed by atoms with Gasteiger partial charge < -0.3 is 9.47 Å². The average molecular weight is 347 g/mol. The second kappa shape index (κ2) is 20.9. The van der Waals surface area contributed by atoms with Crippen molar-refractivity contribution in [1.82, 2.24) is 0 Å². The van der Waals surface area contributed by atoms with E-state index in [0.717, 1.165) is 6.61 Å². The maximum absolute atomic E-state index is 10.9. The van der Waals surface area contributed by atoms with Crippen LogP contribution in [0.2, 0.25) is 0 Å². The molecule has 0 saturated carbocycles. The van der Waals surface area contributed by atoms with Crippen molar-refractivity contribution in [3.63, 3.8) is 0 Å². The fourth-order valence-corrected chi connectivity index (χ4v) is 2.88. The number of rotatable bonds is 17. The Morgan fingerprint density at radius 3 is 1.50 bits per heavy atom. The first-order valence-electron chi connectivity index (χ1n) is 10.5. The van der Waals surface area contributed by atoms with Gasteiger partial charge in [-0.2, -0.15) is 0 Å². The molecule has 0 spiro atoms. The summed E-state index contributed by atoms with van der Waals surface area (Å²) in [7, 11) is 1.47. The van der Waals surface area contributed by atoms with E-state index in [9.17, 15) is 4.39 Å². The Bertz CT molecular complexity index is 218. The number of halogens is 1. The van der Waals surface area contributed by atoms with Gasteiger partial charge in [-0.25, -0.2) is 4.39 Å². The number of epoxide rings is 1. The van der Waals surface area contributed by atoms with Gasteiger partial charge in [0.25, 0.3) is 0 Å². The molecule has 1 atom stereocenters. The van der Waals surface area contributed by atoms with Crippen molar-refractivity contribution in [1.29, 1.82) is 0 Å². The number of unbranched alkanes of at least 4 members (excludes halogenated alkanes) is 13. The second-order valence-corrected chi connectivity index (χ2v) is 7.02. The predicted octanol–water partition coefficient (Wildman–Crippen LogP) is 6.86. The summed E-state index contributed by atoms with van der Waals surface area (Å²) in [5.74, 6) is 0. The SMILES string of the molecule is CCCCCCCCCCCCCCCCC1CO1.COCCF. The van der Waals surface area contributed by atoms with E-state index < -0.39 is 0 Å². The van der Waals surface area contributed by atoms with Gasteiger partial charge in [-0.3, -0.25) is 0 Å². The first-order chi connectivity index (χ1) is 11.8. The van der Waals surface area contributed by atoms with E-state index in [0.29, 0.717) is 6.10 Å². The molecule has 0 aromatic rings. The largest absolute Gasteiger partial charge is 0.382 e. The van der Waals surface area contributed by atoms with Crippen molar-refractivity contribution >= 4 is 0 Å². The summed E-state index contributed by atoms with van der Waals surface area (Å²) in [6.07, 6.45) is 22.3. The van der Waals surface area contributed by atoms with Crippen molar-refractivity contribution in [3.8, 4) is 0 Å². The fourth-order valence-electron chi connectivity index (χ4n) is 2.88. The Morgan fingerprint density at radius 1 is 0.792 bits per heavy atom. The molecule has 0 amide bonds. The van der Waals surface area contributed by atoms with Crippen molar-refractivity contribution < 1.29 is 13.9 Å². The van der Waals surface area contributed by atoms with Crippen LogP contribution < -0.4 is 0 Å². The molecule has 1 unspecified atom stereocenters. The van der Waals surface area contributed by atoms with Crippen LogP contribution in [-0.4, -0.2) is 33.1 Å². The minimum absolute atomic E-state index is 0.222. The highest BCUT2D eigenvalue weighted by molar-refractivity contribution is 4.68. The summed E-state index contributed by atoms with van der Waals surface area (Å²) < 4.78 is 20.4. The zero-order valence-corrected chi connectivity index (χ0v) is 16.5. The van der Waals surface area contributed by atoms with Crippen LogP contribution in [0.1, 0.15) is 103 Å². The lowest BCUT2D eigenvalue weighted by atomic mass is 10.0. The Labute approximate surface area is 150 Å². The van der Waals surface area contributed by atoms with E-state index in [4.69, 9.17) is 4.74 Å². The van der Waals surface area contributed by atoms with E-state index >= 15 is 0 Å². The minimum Gasteiger partial charge on any atom is -0.382 e. The number of alkyl halides is 1. The van der Waals surface area contributed by atoms with Crippen molar-refractivity contribution in [2.75, 3.05) is 27.0 Å². The van der Waals surface area contributed by atoms with Crippen LogP contribution in [0.5, 0.6) is 0 Å². The van der Waals surface area contributed by atoms with Crippen LogP contribution >= 0.6 is 0 Å². The number of hydrogen-bond acceptors (Lipinski definition) is 2. The standard InChI is InChI=1S/C18H36O.C3H7FO/c1-2-3-4-5-6-7-8-9-10-11-12-13-14-15-16-18-17-19-18;1-5-3-2-4/h18H,2-17H2,1H3;2-3H2,1H3. The molecule has 24 heavy (non-hydrogen) atoms. The third kappa shape index (κ3) is 21.9. The molecular weight excluding hydrogens is 303 g/mol. The molecule has 0 N–H and O–H groups in total. The molecule has 1 saturated heterocycles. The molecule has 2 nitrogen and oxygen atoms in total. The van der Waals surface area contributed by atoms with Crippen molar-refractivity contribution in [2.45, 2.75) is 109 Å². The number of methoxy groups -OCH3 is 1. The molecule has 1 fully saturated rings. The van der Waals surface area contributed by atoms with Crippen LogP contribution in [-0.2, 0) is 9.47 Å². The molecule has 0 radical (unpaired) electrons. The molecule has 1 aliphatic rings. The van der Waals surface area contributed by atoms with Crippen molar-refractivity contribution in [3.05, 3.63) is 0 Å². The van der Waals surface area contributed by atoms with E-state index in [1.54, 1.807) is 0 Å². The lowest BCUT2D eigenvalue weighted by Gasteiger charge is -2.03. The molecule has 0 bridgehead atoms. The quantitative estimate of drug-likeness (QED) is 0.212. The Hall–Kier alpha value is -0.150. The van der Waals surface area contributed by atoms with Gasteiger partial charge in [0, 0.05) is 7.11 Å². The zero-order valence-electron chi connectivity index (χ0n) is 16.5. The molecule has 1 rings (SSSR count). The van der Waals surface area contributed by atoms with Gasteiger partial charge in [0.05, 0.1) is 19.3 Å². The summed E-state index contributed by atoms with van der Waals surface area (Å²) in [5.41, 5.74) is 0. The zero-order chi connectivity index (χ0) is 17.7. The monoisotopic (exact) mass is 346 g/mol. The smallest absolute Gasteiger partial charge is 0.113 e. The summed E-state index contributed by atoms with van der Waals surface area (Å²) >= 11 is 0. The molecule has 1 aliphatic heterocycles. The normalized spacial score (nSPS) is 15.9. The van der Waals surface area contributed by atoms with Gasteiger partial charge in [-0.05, 0) is 6.42 Å². The summed E-state index contributed by atoms with van der Waals surface area (Å²) in [4.78, 5) is 0. The van der Waals surface area contributed by atoms with Crippen LogP contribution in [0, 0.1) is 0 Å². The molecule has 0 aromatic heterocycles. The molecule has 0 aliphatic carbocycles. The third-order valence-corrected chi connectivity index (χ3v) is 4.56. The van der Waals surface area contributed by atoms with E-state index in [1.807, 2.05) is 0 Å². The van der Waals surface area contributed by atoms with E-state index in [2.05, 4.69) is 11.7 Å². The van der Waals surface area contributed by atoms with Crippen LogP contribution in [0.15, 0.2) is 0 Å². The molecule has 146 valence electrons. The van der Waals surface area contributed by atoms with Crippen LogP contribution in [0.25, 0.3) is 0 Å². The summed E-state index contributed by atoms with van der Waals surface area (Å²) in [6.45, 7) is 3.18. The molecular formula is C21H43FO2. The molecule has 3 heteroatoms. The Kier molecular flexibility index (Phi) is 20.8. The average Bonchev–Trinajstić information content (AvgIpc) is 3.41. The maximum atomic E-state index is 10.9. The number of hydrogen-bond donors (Lipinski definition) is 0. The van der Waals surface area contributed by atoms with Gasteiger partial charge in [-0.15, -0.1) is 0 Å². The van der Waals surface area contributed by atoms with Gasteiger partial charge in [-0.1, -0.05) is 96.8 Å². The fraction of sp³-hybridized carbons (Fsp3) is 1.00. The van der Waals surface area contributed by atoms with Crippen LogP contribution in [0.4, 0.5) is 4.39 Å². The maximum Gasteiger partial charge on any atom is 0.113 e. The highest BCUT2D eigenvalue weighted by atomic mass is 19.1. The number of ether oxygens (including phenoxy) is 2. The summed E-state index contributed by atoms with van der Waals surface area (Å²) in [5, 5.41) is 0. The Morgan fingerprint density at radius 2 is 1.21 bits per heavy atom. The van der Waals surface area contributed by atoms with E-state index in [1.165, 1.54) is 103 Å². The van der Waals surface area contributed by atoms with E-state index in [-0.39, 0.29) is 13.3 Å². The second-order valence-electron chi connectivity index (χ2n) is 7.02. The predicted molar refractivity (Wildman–Crippen MR) is 103 cm³/mol. The van der Waals surface area contributed by atoms with Gasteiger partial charge in [0.15, 0.2) is 0 Å². The Balaban J connectivity index is 0.000000922. The third-order valence-electron chi connectivity index (χ3n) is 4.56. The first kappa shape index (κ1) is 23.9. The van der Waals surface area contributed by atoms with Gasteiger partial charge in [0.1, 0.15) is 6.67 Å². The lowest BCUT2D eigenvalue weighted by molar-refractivity contribution is 0.175.